The Hall–Kier alpha value is -5.10. The quantitative estimate of drug-likeness (QED) is 0.0534. The van der Waals surface area contributed by atoms with E-state index in [2.05, 4.69) is 19.1 Å². The van der Waals surface area contributed by atoms with Crippen LogP contribution in [0, 0.1) is 0 Å². The SMILES string of the molecule is CCCCCCCCCCCCCCN1C(=O)c2ccc3c4ccc5c(=O)n6c7ccccc7nc6c6ccc(c7ccc(c2c37)C1=O)c4c56. The molecule has 3 heterocycles. The van der Waals surface area contributed by atoms with Gasteiger partial charge in [0.05, 0.1) is 11.0 Å². The first-order chi connectivity index (χ1) is 24.6. The predicted octanol–water partition coefficient (Wildman–Crippen LogP) is 10.8. The number of para-hydroxylation sites is 2. The standard InChI is InChI=1S/C44H41N3O3/c1-2-3-4-5-6-7-8-9-10-11-12-15-26-46-42(48)32-23-19-29-27-18-22-31-39-34(44(50)47-36-17-14-13-16-35(36)45-41(31)47)25-21-28(37(27)39)30-20-24-33(43(46)49)40(32)38(29)30/h13-14,16-25H,2-12,15,26H2,1H3. The molecule has 0 radical (unpaired) electrons. The number of aromatic nitrogens is 2. The number of hydrogen-bond donors (Lipinski definition) is 0. The number of hydrogen-bond acceptors (Lipinski definition) is 4. The molecule has 1 aliphatic heterocycles. The molecule has 1 aliphatic rings. The lowest BCUT2D eigenvalue weighted by molar-refractivity contribution is 0.0608. The van der Waals surface area contributed by atoms with Crippen LogP contribution in [0.15, 0.2) is 77.6 Å². The van der Waals surface area contributed by atoms with Crippen molar-refractivity contribution < 1.29 is 9.59 Å². The van der Waals surface area contributed by atoms with Gasteiger partial charge in [0, 0.05) is 39.2 Å². The molecule has 0 N–H and O–H groups in total. The fourth-order valence-electron chi connectivity index (χ4n) is 8.84. The summed E-state index contributed by atoms with van der Waals surface area (Å²) in [6.07, 6.45) is 14.9. The van der Waals surface area contributed by atoms with Gasteiger partial charge in [-0.1, -0.05) is 114 Å². The number of imidazole rings is 1. The number of pyridine rings is 1. The number of amides is 2. The van der Waals surface area contributed by atoms with Gasteiger partial charge < -0.3 is 0 Å². The van der Waals surface area contributed by atoms with Crippen molar-refractivity contribution in [3.63, 3.8) is 0 Å². The maximum absolute atomic E-state index is 14.0. The summed E-state index contributed by atoms with van der Waals surface area (Å²) in [6.45, 7) is 2.71. The highest BCUT2D eigenvalue weighted by molar-refractivity contribution is 6.41. The van der Waals surface area contributed by atoms with Gasteiger partial charge in [-0.2, -0.15) is 0 Å². The third-order valence-electron chi connectivity index (χ3n) is 11.3. The van der Waals surface area contributed by atoms with Crippen LogP contribution in [0.1, 0.15) is 105 Å². The van der Waals surface area contributed by atoms with Gasteiger partial charge in [0.15, 0.2) is 0 Å². The number of benzene rings is 6. The molecular weight excluding hydrogens is 619 g/mol. The van der Waals surface area contributed by atoms with Crippen molar-refractivity contribution >= 4 is 82.4 Å². The predicted molar refractivity (Wildman–Crippen MR) is 205 cm³/mol. The molecule has 9 rings (SSSR count). The second-order valence-electron chi connectivity index (χ2n) is 14.4. The molecule has 250 valence electrons. The van der Waals surface area contributed by atoms with E-state index in [1.165, 1.54) is 62.7 Å². The number of nitrogens with zero attached hydrogens (tertiary/aromatic N) is 3. The Labute approximate surface area is 290 Å². The van der Waals surface area contributed by atoms with Gasteiger partial charge in [0.2, 0.25) is 0 Å². The maximum Gasteiger partial charge on any atom is 0.264 e. The lowest BCUT2D eigenvalue weighted by Crippen LogP contribution is -2.40. The van der Waals surface area contributed by atoms with E-state index in [1.54, 1.807) is 4.40 Å². The first-order valence-corrected chi connectivity index (χ1v) is 18.7. The average Bonchev–Trinajstić information content (AvgIpc) is 3.54. The van der Waals surface area contributed by atoms with Gasteiger partial charge in [0.1, 0.15) is 5.65 Å². The second kappa shape index (κ2) is 12.3. The first kappa shape index (κ1) is 30.9. The van der Waals surface area contributed by atoms with E-state index < -0.39 is 0 Å². The summed E-state index contributed by atoms with van der Waals surface area (Å²) in [6, 6.07) is 23.8. The van der Waals surface area contributed by atoms with Crippen LogP contribution in [-0.2, 0) is 0 Å². The molecule has 50 heavy (non-hydrogen) atoms. The van der Waals surface area contributed by atoms with E-state index in [0.717, 1.165) is 78.8 Å². The molecule has 0 spiro atoms. The van der Waals surface area contributed by atoms with E-state index >= 15 is 0 Å². The Bertz CT molecular complexity index is 2600. The summed E-state index contributed by atoms with van der Waals surface area (Å²) < 4.78 is 1.73. The Morgan fingerprint density at radius 1 is 0.500 bits per heavy atom. The third kappa shape index (κ3) is 4.60. The molecule has 0 saturated heterocycles. The van der Waals surface area contributed by atoms with Gasteiger partial charge in [-0.3, -0.25) is 23.7 Å². The summed E-state index contributed by atoms with van der Waals surface area (Å²) in [7, 11) is 0. The largest absolute Gasteiger partial charge is 0.274 e. The zero-order valence-electron chi connectivity index (χ0n) is 28.7. The van der Waals surface area contributed by atoms with E-state index in [-0.39, 0.29) is 17.4 Å². The number of rotatable bonds is 13. The van der Waals surface area contributed by atoms with Crippen molar-refractivity contribution in [3.8, 4) is 0 Å². The van der Waals surface area contributed by atoms with Crippen molar-refractivity contribution in [2.24, 2.45) is 0 Å². The van der Waals surface area contributed by atoms with Crippen LogP contribution in [0.5, 0.6) is 0 Å². The van der Waals surface area contributed by atoms with Gasteiger partial charge >= 0.3 is 0 Å². The molecule has 0 aliphatic carbocycles. The lowest BCUT2D eigenvalue weighted by Gasteiger charge is -2.28. The molecule has 8 aromatic rings. The van der Waals surface area contributed by atoms with Crippen LogP contribution in [0.25, 0.3) is 70.5 Å². The molecule has 2 amide bonds. The maximum atomic E-state index is 14.0. The average molecular weight is 660 g/mol. The van der Waals surface area contributed by atoms with Crippen molar-refractivity contribution in [1.29, 1.82) is 0 Å². The Morgan fingerprint density at radius 2 is 0.980 bits per heavy atom. The number of carbonyl (C=O) groups excluding carboxylic acids is 2. The Kier molecular flexibility index (Phi) is 7.63. The second-order valence-corrected chi connectivity index (χ2v) is 14.4. The summed E-state index contributed by atoms with van der Waals surface area (Å²) in [5.41, 5.74) is 3.37. The molecule has 0 saturated carbocycles. The van der Waals surface area contributed by atoms with Crippen LogP contribution in [0.2, 0.25) is 0 Å². The van der Waals surface area contributed by atoms with Crippen LogP contribution >= 0.6 is 0 Å². The van der Waals surface area contributed by atoms with Crippen molar-refractivity contribution in [2.75, 3.05) is 6.54 Å². The fourth-order valence-corrected chi connectivity index (χ4v) is 8.84. The number of unbranched alkanes of at least 4 members (excludes halogenated alkanes) is 11. The molecule has 6 heteroatoms. The number of imide groups is 1. The van der Waals surface area contributed by atoms with Crippen molar-refractivity contribution in [1.82, 2.24) is 14.3 Å². The number of carbonyl (C=O) groups is 2. The molecule has 0 bridgehead atoms. The van der Waals surface area contributed by atoms with E-state index in [0.29, 0.717) is 28.7 Å². The molecule has 0 atom stereocenters. The van der Waals surface area contributed by atoms with Gasteiger partial charge in [-0.25, -0.2) is 4.98 Å². The highest BCUT2D eigenvalue weighted by Crippen LogP contribution is 2.46. The van der Waals surface area contributed by atoms with Crippen LogP contribution in [-0.4, -0.2) is 32.6 Å². The van der Waals surface area contributed by atoms with Crippen LogP contribution in [0.3, 0.4) is 0 Å². The van der Waals surface area contributed by atoms with Gasteiger partial charge in [-0.15, -0.1) is 0 Å². The highest BCUT2D eigenvalue weighted by Gasteiger charge is 2.34. The summed E-state index contributed by atoms with van der Waals surface area (Å²) in [4.78, 5) is 48.2. The van der Waals surface area contributed by atoms with E-state index in [1.807, 2.05) is 60.7 Å². The normalized spacial score (nSPS) is 13.7. The van der Waals surface area contributed by atoms with Gasteiger partial charge in [-0.05, 0) is 75.1 Å². The Morgan fingerprint density at radius 3 is 1.60 bits per heavy atom. The topological polar surface area (TPSA) is 71.8 Å². The molecule has 0 fully saturated rings. The van der Waals surface area contributed by atoms with Crippen molar-refractivity contribution in [2.45, 2.75) is 84.0 Å². The summed E-state index contributed by atoms with van der Waals surface area (Å²) >= 11 is 0. The minimum Gasteiger partial charge on any atom is -0.274 e. The smallest absolute Gasteiger partial charge is 0.264 e. The summed E-state index contributed by atoms with van der Waals surface area (Å²) in [5.74, 6) is -0.398. The number of fused-ring (bicyclic) bond motifs is 6. The zero-order valence-corrected chi connectivity index (χ0v) is 28.7. The minimum atomic E-state index is -0.199. The molecule has 0 unspecified atom stereocenters. The van der Waals surface area contributed by atoms with Gasteiger partial charge in [0.25, 0.3) is 17.4 Å². The molecule has 2 aromatic heterocycles. The van der Waals surface area contributed by atoms with E-state index in [9.17, 15) is 14.4 Å². The fraction of sp³-hybridized carbons (Fsp3) is 0.318. The minimum absolute atomic E-state index is 0.0783. The van der Waals surface area contributed by atoms with E-state index in [4.69, 9.17) is 4.98 Å². The van der Waals surface area contributed by atoms with Crippen LogP contribution in [0.4, 0.5) is 0 Å². The third-order valence-corrected chi connectivity index (χ3v) is 11.3. The zero-order chi connectivity index (χ0) is 33.9. The monoisotopic (exact) mass is 659 g/mol. The van der Waals surface area contributed by atoms with Crippen molar-refractivity contribution in [3.05, 3.63) is 94.3 Å². The molecular formula is C44H41N3O3. The highest BCUT2D eigenvalue weighted by atomic mass is 16.2. The van der Waals surface area contributed by atoms with Crippen LogP contribution < -0.4 is 5.56 Å². The first-order valence-electron chi connectivity index (χ1n) is 18.7. The molecule has 6 nitrogen and oxygen atoms in total. The Balaban J connectivity index is 1.03. The summed E-state index contributed by atoms with van der Waals surface area (Å²) in [5, 5.41) is 9.19. The molecule has 6 aromatic carbocycles. The lowest BCUT2D eigenvalue weighted by atomic mass is 9.84.